The predicted molar refractivity (Wildman–Crippen MR) is 112 cm³/mol. The number of ether oxygens (including phenoxy) is 2. The summed E-state index contributed by atoms with van der Waals surface area (Å²) in [5.41, 5.74) is 2.33. The summed E-state index contributed by atoms with van der Waals surface area (Å²) < 4.78 is 11.8. The van der Waals surface area contributed by atoms with E-state index in [0.717, 1.165) is 56.0 Å². The molecule has 0 bridgehead atoms. The molecule has 28 heavy (non-hydrogen) atoms. The van der Waals surface area contributed by atoms with Gasteiger partial charge in [-0.05, 0) is 61.9 Å². The van der Waals surface area contributed by atoms with E-state index in [-0.39, 0.29) is 0 Å². The SMILES string of the molecule is COc1ccc(N2CCN[C@@H](Cc3cccc(O)c3)C2)cc1OC1CCCC1. The second-order valence-electron chi connectivity index (χ2n) is 7.83. The topological polar surface area (TPSA) is 54.0 Å². The Balaban J connectivity index is 1.46. The van der Waals surface area contributed by atoms with Gasteiger partial charge in [-0.1, -0.05) is 12.1 Å². The van der Waals surface area contributed by atoms with E-state index >= 15 is 0 Å². The second kappa shape index (κ2) is 8.74. The summed E-state index contributed by atoms with van der Waals surface area (Å²) in [6.45, 7) is 2.82. The lowest BCUT2D eigenvalue weighted by molar-refractivity contribution is 0.201. The van der Waals surface area contributed by atoms with Gasteiger partial charge in [-0.2, -0.15) is 0 Å². The van der Waals surface area contributed by atoms with Gasteiger partial charge in [-0.25, -0.2) is 0 Å². The molecule has 150 valence electrons. The Bertz CT molecular complexity index is 789. The molecule has 2 aliphatic rings. The van der Waals surface area contributed by atoms with E-state index in [2.05, 4.69) is 28.4 Å². The quantitative estimate of drug-likeness (QED) is 0.797. The number of phenolic OH excluding ortho intramolecular Hbond substituents is 1. The van der Waals surface area contributed by atoms with Gasteiger partial charge < -0.3 is 24.8 Å². The summed E-state index contributed by atoms with van der Waals surface area (Å²) in [6, 6.07) is 14.2. The molecule has 1 heterocycles. The lowest BCUT2D eigenvalue weighted by Crippen LogP contribution is -2.51. The largest absolute Gasteiger partial charge is 0.508 e. The fourth-order valence-electron chi connectivity index (χ4n) is 4.30. The van der Waals surface area contributed by atoms with E-state index in [9.17, 15) is 5.11 Å². The molecule has 0 spiro atoms. The first-order chi connectivity index (χ1) is 13.7. The second-order valence-corrected chi connectivity index (χ2v) is 7.83. The molecule has 5 nitrogen and oxygen atoms in total. The van der Waals surface area contributed by atoms with Crippen molar-refractivity contribution in [1.29, 1.82) is 0 Å². The number of phenols is 1. The molecule has 0 unspecified atom stereocenters. The highest BCUT2D eigenvalue weighted by Crippen LogP contribution is 2.35. The Morgan fingerprint density at radius 1 is 1.11 bits per heavy atom. The molecule has 0 radical (unpaired) electrons. The van der Waals surface area contributed by atoms with Crippen LogP contribution in [0.25, 0.3) is 0 Å². The highest BCUT2D eigenvalue weighted by Gasteiger charge is 2.23. The Morgan fingerprint density at radius 2 is 1.96 bits per heavy atom. The number of methoxy groups -OCH3 is 1. The van der Waals surface area contributed by atoms with Gasteiger partial charge in [0.25, 0.3) is 0 Å². The van der Waals surface area contributed by atoms with Gasteiger partial charge in [0.1, 0.15) is 5.75 Å². The van der Waals surface area contributed by atoms with Crippen LogP contribution in [0, 0.1) is 0 Å². The van der Waals surface area contributed by atoms with Crippen LogP contribution in [0.3, 0.4) is 0 Å². The maximum absolute atomic E-state index is 9.71. The van der Waals surface area contributed by atoms with Crippen LogP contribution in [-0.4, -0.2) is 44.0 Å². The highest BCUT2D eigenvalue weighted by atomic mass is 16.5. The number of rotatable bonds is 6. The van der Waals surface area contributed by atoms with Gasteiger partial charge in [0.15, 0.2) is 11.5 Å². The molecule has 1 saturated carbocycles. The van der Waals surface area contributed by atoms with Crippen molar-refractivity contribution in [2.24, 2.45) is 0 Å². The molecule has 2 N–H and O–H groups in total. The number of nitrogens with zero attached hydrogens (tertiary/aromatic N) is 1. The molecule has 1 atom stereocenters. The Kier molecular flexibility index (Phi) is 5.91. The van der Waals surface area contributed by atoms with Crippen molar-refractivity contribution in [3.05, 3.63) is 48.0 Å². The maximum atomic E-state index is 9.71. The van der Waals surface area contributed by atoms with Gasteiger partial charge >= 0.3 is 0 Å². The van der Waals surface area contributed by atoms with Crippen LogP contribution in [0.5, 0.6) is 17.2 Å². The number of aromatic hydroxyl groups is 1. The Morgan fingerprint density at radius 3 is 2.75 bits per heavy atom. The number of benzene rings is 2. The molecule has 1 saturated heterocycles. The standard InChI is InChI=1S/C23H30N2O3/c1-27-22-10-9-19(15-23(22)28-21-7-2-3-8-21)25-12-11-24-18(16-25)13-17-5-4-6-20(26)14-17/h4-6,9-10,14-15,18,21,24,26H,2-3,7-8,11-13,16H2,1H3/t18-/m0/s1. The third-order valence-corrected chi connectivity index (χ3v) is 5.76. The Hall–Kier alpha value is -2.40. The van der Waals surface area contributed by atoms with Crippen molar-refractivity contribution < 1.29 is 14.6 Å². The van der Waals surface area contributed by atoms with Crippen molar-refractivity contribution in [2.75, 3.05) is 31.6 Å². The number of hydrogen-bond acceptors (Lipinski definition) is 5. The zero-order chi connectivity index (χ0) is 19.3. The zero-order valence-corrected chi connectivity index (χ0v) is 16.6. The minimum Gasteiger partial charge on any atom is -0.508 e. The number of anilines is 1. The van der Waals surface area contributed by atoms with Crippen molar-refractivity contribution in [2.45, 2.75) is 44.2 Å². The summed E-state index contributed by atoms with van der Waals surface area (Å²) in [5.74, 6) is 1.99. The van der Waals surface area contributed by atoms with Crippen molar-refractivity contribution in [3.8, 4) is 17.2 Å². The molecule has 1 aliphatic carbocycles. The number of piperazine rings is 1. The molecule has 2 aromatic carbocycles. The molecule has 1 aliphatic heterocycles. The van der Waals surface area contributed by atoms with Gasteiger partial charge in [0.05, 0.1) is 13.2 Å². The zero-order valence-electron chi connectivity index (χ0n) is 16.6. The molecule has 4 rings (SSSR count). The smallest absolute Gasteiger partial charge is 0.163 e. The van der Waals surface area contributed by atoms with E-state index in [4.69, 9.17) is 9.47 Å². The van der Waals surface area contributed by atoms with E-state index < -0.39 is 0 Å². The maximum Gasteiger partial charge on any atom is 0.163 e. The van der Waals surface area contributed by atoms with E-state index in [0.29, 0.717) is 17.9 Å². The predicted octanol–water partition coefficient (Wildman–Crippen LogP) is 3.74. The summed E-state index contributed by atoms with van der Waals surface area (Å²) >= 11 is 0. The van der Waals surface area contributed by atoms with E-state index in [1.54, 1.807) is 13.2 Å². The lowest BCUT2D eigenvalue weighted by atomic mass is 10.0. The number of hydrogen-bond donors (Lipinski definition) is 2. The first-order valence-corrected chi connectivity index (χ1v) is 10.3. The fraction of sp³-hybridized carbons (Fsp3) is 0.478. The first-order valence-electron chi connectivity index (χ1n) is 10.3. The molecule has 0 aromatic heterocycles. The molecule has 5 heteroatoms. The van der Waals surface area contributed by atoms with Crippen LogP contribution in [0.15, 0.2) is 42.5 Å². The van der Waals surface area contributed by atoms with Crippen molar-refractivity contribution >= 4 is 5.69 Å². The van der Waals surface area contributed by atoms with Crippen molar-refractivity contribution in [1.82, 2.24) is 5.32 Å². The van der Waals surface area contributed by atoms with Crippen LogP contribution in [0.2, 0.25) is 0 Å². The highest BCUT2D eigenvalue weighted by molar-refractivity contribution is 5.57. The van der Waals surface area contributed by atoms with E-state index in [1.165, 1.54) is 18.5 Å². The van der Waals surface area contributed by atoms with Crippen LogP contribution in [0.1, 0.15) is 31.2 Å². The van der Waals surface area contributed by atoms with Gasteiger partial charge in [0, 0.05) is 37.4 Å². The Labute approximate surface area is 167 Å². The van der Waals surface area contributed by atoms with E-state index in [1.807, 2.05) is 18.2 Å². The van der Waals surface area contributed by atoms with Gasteiger partial charge in [-0.3, -0.25) is 0 Å². The molecule has 0 amide bonds. The van der Waals surface area contributed by atoms with Gasteiger partial charge in [-0.15, -0.1) is 0 Å². The molecular formula is C23H30N2O3. The minimum atomic E-state index is 0.311. The first kappa shape index (κ1) is 18.9. The summed E-state index contributed by atoms with van der Waals surface area (Å²) in [4.78, 5) is 2.41. The summed E-state index contributed by atoms with van der Waals surface area (Å²) in [6.07, 6.45) is 5.97. The van der Waals surface area contributed by atoms with Crippen LogP contribution in [0.4, 0.5) is 5.69 Å². The average molecular weight is 383 g/mol. The van der Waals surface area contributed by atoms with Crippen LogP contribution in [-0.2, 0) is 6.42 Å². The minimum absolute atomic E-state index is 0.311. The third kappa shape index (κ3) is 4.53. The molecule has 2 fully saturated rings. The summed E-state index contributed by atoms with van der Waals surface area (Å²) in [7, 11) is 1.70. The van der Waals surface area contributed by atoms with Gasteiger partial charge in [0.2, 0.25) is 0 Å². The van der Waals surface area contributed by atoms with Crippen LogP contribution < -0.4 is 19.7 Å². The number of nitrogens with one attached hydrogen (secondary N) is 1. The lowest BCUT2D eigenvalue weighted by Gasteiger charge is -2.35. The fourth-order valence-corrected chi connectivity index (χ4v) is 4.30. The average Bonchev–Trinajstić information content (AvgIpc) is 3.21. The summed E-state index contributed by atoms with van der Waals surface area (Å²) in [5, 5.41) is 13.3. The normalized spacial score (nSPS) is 20.3. The molecule has 2 aromatic rings. The monoisotopic (exact) mass is 382 g/mol. The van der Waals surface area contributed by atoms with Crippen molar-refractivity contribution in [3.63, 3.8) is 0 Å². The molecular weight excluding hydrogens is 352 g/mol. The third-order valence-electron chi connectivity index (χ3n) is 5.76. The van der Waals surface area contributed by atoms with Crippen LogP contribution >= 0.6 is 0 Å².